The summed E-state index contributed by atoms with van der Waals surface area (Å²) in [5.41, 5.74) is 0.102. The van der Waals surface area contributed by atoms with E-state index in [1.807, 2.05) is 24.3 Å². The van der Waals surface area contributed by atoms with Crippen molar-refractivity contribution in [2.75, 3.05) is 36.8 Å². The highest BCUT2D eigenvalue weighted by molar-refractivity contribution is 7.99. The number of nitrogens with zero attached hydrogens (tertiary/aromatic N) is 3. The van der Waals surface area contributed by atoms with Gasteiger partial charge in [0.2, 0.25) is 5.91 Å². The first-order valence-electron chi connectivity index (χ1n) is 10.6. The summed E-state index contributed by atoms with van der Waals surface area (Å²) >= 11 is 8.73. The summed E-state index contributed by atoms with van der Waals surface area (Å²) in [4.78, 5) is 22.4. The Labute approximate surface area is 212 Å². The first-order valence-corrected chi connectivity index (χ1v) is 12.8. The van der Waals surface area contributed by atoms with Gasteiger partial charge in [0, 0.05) is 35.5 Å². The topological polar surface area (TPSA) is 36.4 Å². The number of fused-ring (bicyclic) bond motifs is 1. The Kier molecular flexibility index (Phi) is 11.3. The van der Waals surface area contributed by atoms with E-state index < -0.39 is 11.6 Å². The molecule has 2 aromatic carbocycles. The van der Waals surface area contributed by atoms with Gasteiger partial charge in [0.15, 0.2) is 10.9 Å². The standard InChI is InChI=1S/C23H26ClF2N3OS2.ClH/c1-3-28(4-2)11-12-29(23-27-22-19(26)14-17(25)15-20(22)32-23)21(30)6-5-13-31-18-9-7-16(24)8-10-18;/h7-10,14-15H,3-6,11-13H2,1-2H3;1H. The van der Waals surface area contributed by atoms with Gasteiger partial charge in [0.25, 0.3) is 0 Å². The molecule has 0 fully saturated rings. The third-order valence-electron chi connectivity index (χ3n) is 5.09. The summed E-state index contributed by atoms with van der Waals surface area (Å²) in [5, 5.41) is 1.10. The van der Waals surface area contributed by atoms with Crippen molar-refractivity contribution in [3.05, 3.63) is 53.1 Å². The molecule has 1 aromatic heterocycles. The van der Waals surface area contributed by atoms with Crippen LogP contribution in [-0.4, -0.2) is 47.7 Å². The number of amides is 1. The van der Waals surface area contributed by atoms with Crippen LogP contribution in [-0.2, 0) is 4.79 Å². The fourth-order valence-electron chi connectivity index (χ4n) is 3.25. The van der Waals surface area contributed by atoms with Crippen LogP contribution in [0, 0.1) is 11.6 Å². The molecule has 0 spiro atoms. The highest BCUT2D eigenvalue weighted by Gasteiger charge is 2.21. The third-order valence-corrected chi connectivity index (χ3v) is 7.46. The summed E-state index contributed by atoms with van der Waals surface area (Å²) in [6.45, 7) is 7.02. The van der Waals surface area contributed by atoms with Crippen molar-refractivity contribution in [3.8, 4) is 0 Å². The Balaban J connectivity index is 0.00000385. The van der Waals surface area contributed by atoms with Gasteiger partial charge in [-0.15, -0.1) is 24.2 Å². The smallest absolute Gasteiger partial charge is 0.228 e. The largest absolute Gasteiger partial charge is 0.302 e. The maximum Gasteiger partial charge on any atom is 0.228 e. The number of rotatable bonds is 11. The van der Waals surface area contributed by atoms with E-state index in [2.05, 4.69) is 23.7 Å². The minimum absolute atomic E-state index is 0. The Morgan fingerprint density at radius 3 is 2.48 bits per heavy atom. The number of anilines is 1. The molecule has 3 aromatic rings. The highest BCUT2D eigenvalue weighted by Crippen LogP contribution is 2.32. The van der Waals surface area contributed by atoms with Crippen molar-refractivity contribution in [1.29, 1.82) is 0 Å². The number of carbonyl (C=O) groups excluding carboxylic acids is 1. The van der Waals surface area contributed by atoms with Crippen LogP contribution in [0.25, 0.3) is 10.2 Å². The fraction of sp³-hybridized carbons (Fsp3) is 0.391. The molecule has 0 aliphatic heterocycles. The SMILES string of the molecule is CCN(CC)CCN(C(=O)CCCSc1ccc(Cl)cc1)c1nc2c(F)cc(F)cc2s1.Cl. The van der Waals surface area contributed by atoms with Crippen molar-refractivity contribution in [2.45, 2.75) is 31.6 Å². The van der Waals surface area contributed by atoms with E-state index in [0.717, 1.165) is 41.1 Å². The molecular weight excluding hydrogens is 507 g/mol. The predicted molar refractivity (Wildman–Crippen MR) is 138 cm³/mol. The van der Waals surface area contributed by atoms with E-state index in [9.17, 15) is 13.6 Å². The number of aromatic nitrogens is 1. The lowest BCUT2D eigenvalue weighted by atomic mass is 10.3. The summed E-state index contributed by atoms with van der Waals surface area (Å²) in [6.07, 6.45) is 1.05. The van der Waals surface area contributed by atoms with Crippen LogP contribution in [0.3, 0.4) is 0 Å². The number of thiazole rings is 1. The zero-order chi connectivity index (χ0) is 23.1. The van der Waals surface area contributed by atoms with Gasteiger partial charge in [-0.3, -0.25) is 9.69 Å². The van der Waals surface area contributed by atoms with Gasteiger partial charge in [-0.1, -0.05) is 36.8 Å². The third kappa shape index (κ3) is 7.79. The fourth-order valence-corrected chi connectivity index (χ4v) is 5.28. The molecule has 180 valence electrons. The maximum absolute atomic E-state index is 14.2. The van der Waals surface area contributed by atoms with E-state index in [4.69, 9.17) is 11.6 Å². The van der Waals surface area contributed by atoms with Crippen LogP contribution >= 0.6 is 47.1 Å². The molecule has 0 radical (unpaired) electrons. The number of hydrogen-bond donors (Lipinski definition) is 0. The van der Waals surface area contributed by atoms with Crippen molar-refractivity contribution >= 4 is 68.4 Å². The van der Waals surface area contributed by atoms with E-state index in [0.29, 0.717) is 40.8 Å². The highest BCUT2D eigenvalue weighted by atomic mass is 35.5. The Bertz CT molecular complexity index is 1050. The molecule has 4 nitrogen and oxygen atoms in total. The van der Waals surface area contributed by atoms with Crippen molar-refractivity contribution in [3.63, 3.8) is 0 Å². The number of carbonyl (C=O) groups is 1. The van der Waals surface area contributed by atoms with Crippen LogP contribution < -0.4 is 4.90 Å². The van der Waals surface area contributed by atoms with E-state index in [-0.39, 0.29) is 23.8 Å². The van der Waals surface area contributed by atoms with E-state index in [1.165, 1.54) is 6.07 Å². The number of hydrogen-bond acceptors (Lipinski definition) is 5. The summed E-state index contributed by atoms with van der Waals surface area (Å²) in [6, 6.07) is 9.69. The second-order valence-electron chi connectivity index (χ2n) is 7.21. The molecule has 0 saturated carbocycles. The molecular formula is C23H27Cl2F2N3OS2. The molecule has 33 heavy (non-hydrogen) atoms. The normalized spacial score (nSPS) is 11.1. The minimum atomic E-state index is -0.710. The average Bonchev–Trinajstić information content (AvgIpc) is 3.19. The summed E-state index contributed by atoms with van der Waals surface area (Å²) in [5.74, 6) is -0.631. The van der Waals surface area contributed by atoms with Crippen LogP contribution in [0.1, 0.15) is 26.7 Å². The monoisotopic (exact) mass is 533 g/mol. The zero-order valence-corrected chi connectivity index (χ0v) is 21.7. The maximum atomic E-state index is 14.2. The number of benzene rings is 2. The van der Waals surface area contributed by atoms with Gasteiger partial charge in [-0.2, -0.15) is 0 Å². The second-order valence-corrected chi connectivity index (χ2v) is 9.82. The second kappa shape index (κ2) is 13.4. The van der Waals surface area contributed by atoms with E-state index in [1.54, 1.807) is 16.7 Å². The molecule has 10 heteroatoms. The number of thioether (sulfide) groups is 1. The molecule has 0 saturated heterocycles. The first-order chi connectivity index (χ1) is 15.4. The number of halogens is 4. The van der Waals surface area contributed by atoms with Gasteiger partial charge >= 0.3 is 0 Å². The molecule has 0 aliphatic rings. The lowest BCUT2D eigenvalue weighted by Gasteiger charge is -2.24. The lowest BCUT2D eigenvalue weighted by Crippen LogP contribution is -2.38. The first kappa shape index (κ1) is 27.8. The van der Waals surface area contributed by atoms with Gasteiger partial charge in [0.05, 0.1) is 4.70 Å². The average molecular weight is 535 g/mol. The van der Waals surface area contributed by atoms with Crippen LogP contribution in [0.4, 0.5) is 13.9 Å². The number of likely N-dealkylation sites (N-methyl/N-ethyl adjacent to an activating group) is 1. The van der Waals surface area contributed by atoms with Gasteiger partial charge in [0.1, 0.15) is 11.3 Å². The Morgan fingerprint density at radius 2 is 1.82 bits per heavy atom. The van der Waals surface area contributed by atoms with Crippen LogP contribution in [0.15, 0.2) is 41.3 Å². The van der Waals surface area contributed by atoms with Crippen LogP contribution in [0.2, 0.25) is 5.02 Å². The summed E-state index contributed by atoms with van der Waals surface area (Å²) < 4.78 is 28.2. The molecule has 0 atom stereocenters. The summed E-state index contributed by atoms with van der Waals surface area (Å²) in [7, 11) is 0. The molecule has 0 N–H and O–H groups in total. The molecule has 0 unspecified atom stereocenters. The Morgan fingerprint density at radius 1 is 1.12 bits per heavy atom. The van der Waals surface area contributed by atoms with Crippen molar-refractivity contribution in [1.82, 2.24) is 9.88 Å². The zero-order valence-electron chi connectivity index (χ0n) is 18.5. The molecule has 0 aliphatic carbocycles. The minimum Gasteiger partial charge on any atom is -0.302 e. The Hall–Kier alpha value is -1.45. The van der Waals surface area contributed by atoms with E-state index >= 15 is 0 Å². The quantitative estimate of drug-likeness (QED) is 0.198. The lowest BCUT2D eigenvalue weighted by molar-refractivity contribution is -0.118. The van der Waals surface area contributed by atoms with Crippen molar-refractivity contribution < 1.29 is 13.6 Å². The van der Waals surface area contributed by atoms with Gasteiger partial charge < -0.3 is 4.90 Å². The molecule has 1 heterocycles. The van der Waals surface area contributed by atoms with Gasteiger partial charge in [-0.05, 0) is 55.6 Å². The predicted octanol–water partition coefficient (Wildman–Crippen LogP) is 6.90. The molecule has 3 rings (SSSR count). The van der Waals surface area contributed by atoms with Crippen molar-refractivity contribution in [2.24, 2.45) is 0 Å². The molecule has 1 amide bonds. The molecule has 0 bridgehead atoms. The van der Waals surface area contributed by atoms with Crippen LogP contribution in [0.5, 0.6) is 0 Å². The van der Waals surface area contributed by atoms with Gasteiger partial charge in [-0.25, -0.2) is 13.8 Å².